The number of halogens is 3. The van der Waals surface area contributed by atoms with E-state index in [2.05, 4.69) is 5.32 Å². The summed E-state index contributed by atoms with van der Waals surface area (Å²) in [5.41, 5.74) is 0.997. The Morgan fingerprint density at radius 1 is 1.22 bits per heavy atom. The van der Waals surface area contributed by atoms with Gasteiger partial charge in [-0.15, -0.1) is 0 Å². The summed E-state index contributed by atoms with van der Waals surface area (Å²) in [5.74, 6) is 0.104. The molecule has 4 heteroatoms. The maximum absolute atomic E-state index is 12.9. The molecule has 1 N–H and O–H groups in total. The average Bonchev–Trinajstić information content (AvgIpc) is 2.80. The first kappa shape index (κ1) is 13.4. The molecule has 1 aliphatic heterocycles. The first-order valence-electron chi connectivity index (χ1n) is 6.33. The van der Waals surface area contributed by atoms with Crippen LogP contribution in [0.2, 0.25) is 0 Å². The van der Waals surface area contributed by atoms with E-state index < -0.39 is 11.7 Å². The van der Waals surface area contributed by atoms with E-state index >= 15 is 0 Å². The molecule has 1 atom stereocenters. The van der Waals surface area contributed by atoms with Gasteiger partial charge < -0.3 is 5.32 Å². The van der Waals surface area contributed by atoms with Crippen LogP contribution in [0.4, 0.5) is 13.2 Å². The second-order valence-electron chi connectivity index (χ2n) is 5.19. The molecule has 1 aromatic carbocycles. The van der Waals surface area contributed by atoms with E-state index in [-0.39, 0.29) is 12.0 Å². The van der Waals surface area contributed by atoms with Crippen molar-refractivity contribution in [3.05, 3.63) is 34.9 Å². The third-order valence-corrected chi connectivity index (χ3v) is 3.43. The SMILES string of the molecule is CC(C)c1cc(C2CCCN2)cc(C(F)(F)F)c1. The zero-order chi connectivity index (χ0) is 13.3. The quantitative estimate of drug-likeness (QED) is 0.835. The van der Waals surface area contributed by atoms with Crippen LogP contribution in [-0.4, -0.2) is 6.54 Å². The predicted octanol–water partition coefficient (Wildman–Crippen LogP) is 4.25. The maximum atomic E-state index is 12.9. The van der Waals surface area contributed by atoms with Crippen LogP contribution in [0, 0.1) is 0 Å². The van der Waals surface area contributed by atoms with Gasteiger partial charge in [0.15, 0.2) is 0 Å². The Kier molecular flexibility index (Phi) is 3.66. The lowest BCUT2D eigenvalue weighted by Gasteiger charge is -2.17. The van der Waals surface area contributed by atoms with Crippen LogP contribution in [0.3, 0.4) is 0 Å². The van der Waals surface area contributed by atoms with E-state index in [4.69, 9.17) is 0 Å². The lowest BCUT2D eigenvalue weighted by atomic mass is 9.94. The van der Waals surface area contributed by atoms with Crippen LogP contribution < -0.4 is 5.32 Å². The van der Waals surface area contributed by atoms with Crippen molar-refractivity contribution in [2.75, 3.05) is 6.54 Å². The summed E-state index contributed by atoms with van der Waals surface area (Å²) in [6, 6.07) is 4.53. The average molecular weight is 257 g/mol. The van der Waals surface area contributed by atoms with Gasteiger partial charge in [-0.3, -0.25) is 0 Å². The van der Waals surface area contributed by atoms with Gasteiger partial charge in [0, 0.05) is 6.04 Å². The van der Waals surface area contributed by atoms with Crippen LogP contribution in [0.5, 0.6) is 0 Å². The monoisotopic (exact) mass is 257 g/mol. The number of hydrogen-bond acceptors (Lipinski definition) is 1. The van der Waals surface area contributed by atoms with Gasteiger partial charge in [0.05, 0.1) is 5.56 Å². The van der Waals surface area contributed by atoms with Crippen LogP contribution in [0.25, 0.3) is 0 Å². The molecule has 1 heterocycles. The zero-order valence-electron chi connectivity index (χ0n) is 10.6. The molecule has 1 nitrogen and oxygen atoms in total. The number of alkyl halides is 3. The molecule has 0 aliphatic carbocycles. The zero-order valence-corrected chi connectivity index (χ0v) is 10.6. The second kappa shape index (κ2) is 4.92. The molecule has 1 aliphatic rings. The first-order valence-corrected chi connectivity index (χ1v) is 6.33. The third kappa shape index (κ3) is 2.86. The minimum Gasteiger partial charge on any atom is -0.310 e. The molecular weight excluding hydrogens is 239 g/mol. The topological polar surface area (TPSA) is 12.0 Å². The van der Waals surface area contributed by atoms with Gasteiger partial charge in [0.25, 0.3) is 0 Å². The van der Waals surface area contributed by atoms with Crippen LogP contribution >= 0.6 is 0 Å². The van der Waals surface area contributed by atoms with Crippen molar-refractivity contribution in [3.63, 3.8) is 0 Å². The number of hydrogen-bond donors (Lipinski definition) is 1. The maximum Gasteiger partial charge on any atom is 0.416 e. The van der Waals surface area contributed by atoms with Gasteiger partial charge in [-0.1, -0.05) is 19.9 Å². The molecule has 2 rings (SSSR count). The predicted molar refractivity (Wildman–Crippen MR) is 65.5 cm³/mol. The summed E-state index contributed by atoms with van der Waals surface area (Å²) >= 11 is 0. The molecule has 0 saturated carbocycles. The molecule has 1 saturated heterocycles. The molecule has 0 aromatic heterocycles. The Hall–Kier alpha value is -1.03. The largest absolute Gasteiger partial charge is 0.416 e. The minimum atomic E-state index is -4.27. The van der Waals surface area contributed by atoms with Crippen molar-refractivity contribution < 1.29 is 13.2 Å². The highest BCUT2D eigenvalue weighted by atomic mass is 19.4. The van der Waals surface area contributed by atoms with Crippen molar-refractivity contribution >= 4 is 0 Å². The number of rotatable bonds is 2. The van der Waals surface area contributed by atoms with Crippen LogP contribution in [0.15, 0.2) is 18.2 Å². The summed E-state index contributed by atoms with van der Waals surface area (Å²) in [4.78, 5) is 0. The highest BCUT2D eigenvalue weighted by Gasteiger charge is 2.32. The van der Waals surface area contributed by atoms with E-state index in [1.54, 1.807) is 0 Å². The van der Waals surface area contributed by atoms with E-state index in [0.29, 0.717) is 0 Å². The van der Waals surface area contributed by atoms with Crippen molar-refractivity contribution in [2.45, 2.75) is 44.8 Å². The standard InChI is InChI=1S/C14H18F3N/c1-9(2)10-6-11(13-4-3-5-18-13)8-12(7-10)14(15,16)17/h6-9,13,18H,3-5H2,1-2H3. The molecule has 100 valence electrons. The molecule has 0 bridgehead atoms. The summed E-state index contributed by atoms with van der Waals surface area (Å²) in [6.07, 6.45) is -2.32. The summed E-state index contributed by atoms with van der Waals surface area (Å²) in [5, 5.41) is 3.25. The highest BCUT2D eigenvalue weighted by Crippen LogP contribution is 2.35. The Morgan fingerprint density at radius 3 is 2.44 bits per heavy atom. The Bertz CT molecular complexity index is 418. The third-order valence-electron chi connectivity index (χ3n) is 3.43. The van der Waals surface area contributed by atoms with Crippen LogP contribution in [-0.2, 0) is 6.18 Å². The van der Waals surface area contributed by atoms with Crippen LogP contribution in [0.1, 0.15) is 55.3 Å². The van der Waals surface area contributed by atoms with E-state index in [0.717, 1.165) is 30.5 Å². The number of nitrogens with one attached hydrogen (secondary N) is 1. The molecule has 1 unspecified atom stereocenters. The molecular formula is C14H18F3N. The van der Waals surface area contributed by atoms with Gasteiger partial charge in [-0.2, -0.15) is 13.2 Å². The Morgan fingerprint density at radius 2 is 1.94 bits per heavy atom. The molecule has 0 amide bonds. The van der Waals surface area contributed by atoms with Gasteiger partial charge >= 0.3 is 6.18 Å². The van der Waals surface area contributed by atoms with E-state index in [1.165, 1.54) is 12.1 Å². The van der Waals surface area contributed by atoms with Gasteiger partial charge in [-0.05, 0) is 48.6 Å². The summed E-state index contributed by atoms with van der Waals surface area (Å²) in [6.45, 7) is 4.72. The van der Waals surface area contributed by atoms with Crippen molar-refractivity contribution in [1.82, 2.24) is 5.32 Å². The summed E-state index contributed by atoms with van der Waals surface area (Å²) < 4.78 is 38.6. The molecule has 0 spiro atoms. The van der Waals surface area contributed by atoms with E-state index in [9.17, 15) is 13.2 Å². The van der Waals surface area contributed by atoms with Gasteiger partial charge in [0.2, 0.25) is 0 Å². The molecule has 1 aromatic rings. The van der Waals surface area contributed by atoms with Crippen molar-refractivity contribution in [2.24, 2.45) is 0 Å². The second-order valence-corrected chi connectivity index (χ2v) is 5.19. The Balaban J connectivity index is 2.42. The smallest absolute Gasteiger partial charge is 0.310 e. The molecule has 18 heavy (non-hydrogen) atoms. The van der Waals surface area contributed by atoms with Gasteiger partial charge in [-0.25, -0.2) is 0 Å². The minimum absolute atomic E-state index is 0.0739. The molecule has 1 fully saturated rings. The lowest BCUT2D eigenvalue weighted by Crippen LogP contribution is -2.15. The normalized spacial score (nSPS) is 20.7. The fourth-order valence-corrected chi connectivity index (χ4v) is 2.34. The lowest BCUT2D eigenvalue weighted by molar-refractivity contribution is -0.137. The van der Waals surface area contributed by atoms with Crippen molar-refractivity contribution in [1.29, 1.82) is 0 Å². The van der Waals surface area contributed by atoms with E-state index in [1.807, 2.05) is 19.9 Å². The fraction of sp³-hybridized carbons (Fsp3) is 0.571. The summed E-state index contributed by atoms with van der Waals surface area (Å²) in [7, 11) is 0. The van der Waals surface area contributed by atoms with Crippen molar-refractivity contribution in [3.8, 4) is 0 Å². The highest BCUT2D eigenvalue weighted by molar-refractivity contribution is 5.35. The first-order chi connectivity index (χ1) is 8.38. The Labute approximate surface area is 105 Å². The van der Waals surface area contributed by atoms with Gasteiger partial charge in [0.1, 0.15) is 0 Å². The number of benzene rings is 1. The fourth-order valence-electron chi connectivity index (χ4n) is 2.34. The molecule has 0 radical (unpaired) electrons.